The monoisotopic (exact) mass is 210 g/mol. The molecule has 4 fully saturated rings. The van der Waals surface area contributed by atoms with Crippen molar-refractivity contribution in [1.29, 1.82) is 0 Å². The van der Waals surface area contributed by atoms with Crippen molar-refractivity contribution in [3.8, 4) is 0 Å². The predicted octanol–water partition coefficient (Wildman–Crippen LogP) is 0.848. The molecule has 4 aliphatic rings. The molecule has 0 radical (unpaired) electrons. The molecule has 15 heavy (non-hydrogen) atoms. The Morgan fingerprint density at radius 3 is 2.47 bits per heavy atom. The third-order valence-corrected chi connectivity index (χ3v) is 4.53. The maximum absolute atomic E-state index is 5.32. The third-order valence-electron chi connectivity index (χ3n) is 4.53. The van der Waals surface area contributed by atoms with Crippen molar-refractivity contribution in [2.24, 2.45) is 5.92 Å². The van der Waals surface area contributed by atoms with Crippen LogP contribution in [0.3, 0.4) is 0 Å². The Balaban J connectivity index is 1.48. The van der Waals surface area contributed by atoms with E-state index in [-0.39, 0.29) is 0 Å². The first-order valence-corrected chi connectivity index (χ1v) is 6.36. The molecule has 1 atom stereocenters. The highest BCUT2D eigenvalue weighted by Gasteiger charge is 2.37. The molecule has 3 saturated heterocycles. The summed E-state index contributed by atoms with van der Waals surface area (Å²) in [5, 5.41) is 3.83. The van der Waals surface area contributed by atoms with Crippen LogP contribution in [0.25, 0.3) is 0 Å². The molecule has 2 bridgehead atoms. The van der Waals surface area contributed by atoms with E-state index in [0.717, 1.165) is 18.0 Å². The zero-order valence-electron chi connectivity index (χ0n) is 9.61. The Morgan fingerprint density at radius 1 is 1.20 bits per heavy atom. The number of ether oxygens (including phenoxy) is 1. The number of nitrogens with one attached hydrogen (secondary N) is 1. The van der Waals surface area contributed by atoms with Gasteiger partial charge in [0.1, 0.15) is 0 Å². The summed E-state index contributed by atoms with van der Waals surface area (Å²) in [5.41, 5.74) is 0. The summed E-state index contributed by atoms with van der Waals surface area (Å²) < 4.78 is 5.32. The molecule has 86 valence electrons. The second-order valence-electron chi connectivity index (χ2n) is 5.44. The molecule has 1 N–H and O–H groups in total. The van der Waals surface area contributed by atoms with E-state index in [4.69, 9.17) is 4.74 Å². The van der Waals surface area contributed by atoms with Crippen molar-refractivity contribution >= 4 is 0 Å². The van der Waals surface area contributed by atoms with Crippen LogP contribution in [-0.4, -0.2) is 49.8 Å². The summed E-state index contributed by atoms with van der Waals surface area (Å²) in [6, 6.07) is 1.51. The van der Waals surface area contributed by atoms with Crippen molar-refractivity contribution in [3.63, 3.8) is 0 Å². The number of fused-ring (bicyclic) bond motifs is 3. The first kappa shape index (κ1) is 10.1. The van der Waals surface area contributed by atoms with Crippen LogP contribution >= 0.6 is 0 Å². The predicted molar refractivity (Wildman–Crippen MR) is 59.9 cm³/mol. The molecular weight excluding hydrogens is 188 g/mol. The van der Waals surface area contributed by atoms with Crippen LogP contribution in [-0.2, 0) is 4.74 Å². The fourth-order valence-electron chi connectivity index (χ4n) is 3.35. The average Bonchev–Trinajstić information content (AvgIpc) is 2.24. The summed E-state index contributed by atoms with van der Waals surface area (Å²) in [6.07, 6.45) is 5.80. The van der Waals surface area contributed by atoms with Gasteiger partial charge in [-0.2, -0.15) is 0 Å². The van der Waals surface area contributed by atoms with E-state index >= 15 is 0 Å². The van der Waals surface area contributed by atoms with Gasteiger partial charge in [0.05, 0.1) is 6.10 Å². The largest absolute Gasteiger partial charge is 0.381 e. The van der Waals surface area contributed by atoms with Gasteiger partial charge in [-0.1, -0.05) is 0 Å². The van der Waals surface area contributed by atoms with Gasteiger partial charge in [-0.15, -0.1) is 0 Å². The number of piperidine rings is 3. The van der Waals surface area contributed by atoms with Crippen LogP contribution in [0, 0.1) is 5.92 Å². The lowest BCUT2D eigenvalue weighted by atomic mass is 9.81. The summed E-state index contributed by atoms with van der Waals surface area (Å²) in [4.78, 5) is 2.62. The molecule has 0 spiro atoms. The van der Waals surface area contributed by atoms with E-state index in [2.05, 4.69) is 10.2 Å². The molecule has 4 rings (SSSR count). The second kappa shape index (κ2) is 4.04. The van der Waals surface area contributed by atoms with Crippen molar-refractivity contribution in [2.75, 3.05) is 26.7 Å². The zero-order chi connectivity index (χ0) is 10.3. The SMILES string of the molecule is COC1CC(NC2CN3CCC2CC3)C1. The Hall–Kier alpha value is -0.120. The first-order valence-electron chi connectivity index (χ1n) is 6.36. The normalized spacial score (nSPS) is 49.0. The van der Waals surface area contributed by atoms with E-state index in [0.29, 0.717) is 6.10 Å². The van der Waals surface area contributed by atoms with Gasteiger partial charge >= 0.3 is 0 Å². The second-order valence-corrected chi connectivity index (χ2v) is 5.44. The van der Waals surface area contributed by atoms with E-state index < -0.39 is 0 Å². The van der Waals surface area contributed by atoms with E-state index in [1.165, 1.54) is 45.3 Å². The van der Waals surface area contributed by atoms with Crippen molar-refractivity contribution in [3.05, 3.63) is 0 Å². The minimum absolute atomic E-state index is 0.531. The van der Waals surface area contributed by atoms with Gasteiger partial charge in [0, 0.05) is 25.7 Å². The van der Waals surface area contributed by atoms with Gasteiger partial charge in [-0.25, -0.2) is 0 Å². The number of hydrogen-bond acceptors (Lipinski definition) is 3. The average molecular weight is 210 g/mol. The van der Waals surface area contributed by atoms with Gasteiger partial charge in [0.25, 0.3) is 0 Å². The van der Waals surface area contributed by atoms with E-state index in [9.17, 15) is 0 Å². The molecule has 0 amide bonds. The topological polar surface area (TPSA) is 24.5 Å². The lowest BCUT2D eigenvalue weighted by Gasteiger charge is -2.48. The minimum Gasteiger partial charge on any atom is -0.381 e. The zero-order valence-corrected chi connectivity index (χ0v) is 9.61. The maximum atomic E-state index is 5.32. The lowest BCUT2D eigenvalue weighted by Crippen LogP contribution is -2.60. The van der Waals surface area contributed by atoms with Crippen LogP contribution in [0.5, 0.6) is 0 Å². The van der Waals surface area contributed by atoms with Gasteiger partial charge in [0.15, 0.2) is 0 Å². The van der Waals surface area contributed by atoms with Gasteiger partial charge in [-0.05, 0) is 44.7 Å². The van der Waals surface area contributed by atoms with Crippen LogP contribution in [0.15, 0.2) is 0 Å². The van der Waals surface area contributed by atoms with Gasteiger partial charge in [-0.3, -0.25) is 0 Å². The molecule has 1 saturated carbocycles. The molecular formula is C12H22N2O. The number of nitrogens with zero attached hydrogens (tertiary/aromatic N) is 1. The Kier molecular flexibility index (Phi) is 2.71. The highest BCUT2D eigenvalue weighted by atomic mass is 16.5. The molecule has 0 aromatic carbocycles. The molecule has 0 aromatic heterocycles. The Morgan fingerprint density at radius 2 is 1.93 bits per heavy atom. The van der Waals surface area contributed by atoms with Crippen molar-refractivity contribution in [2.45, 2.75) is 43.9 Å². The summed E-state index contributed by atoms with van der Waals surface area (Å²) in [5.74, 6) is 0.955. The number of methoxy groups -OCH3 is 1. The summed E-state index contributed by atoms with van der Waals surface area (Å²) in [7, 11) is 1.83. The molecule has 0 aromatic rings. The van der Waals surface area contributed by atoms with E-state index in [1.807, 2.05) is 7.11 Å². The molecule has 3 heteroatoms. The van der Waals surface area contributed by atoms with Crippen LogP contribution in [0.1, 0.15) is 25.7 Å². The first-order chi connectivity index (χ1) is 7.35. The van der Waals surface area contributed by atoms with Crippen LogP contribution < -0.4 is 5.32 Å². The van der Waals surface area contributed by atoms with Gasteiger partial charge < -0.3 is 15.0 Å². The van der Waals surface area contributed by atoms with Gasteiger partial charge in [0.2, 0.25) is 0 Å². The molecule has 3 aliphatic heterocycles. The van der Waals surface area contributed by atoms with E-state index in [1.54, 1.807) is 0 Å². The smallest absolute Gasteiger partial charge is 0.0601 e. The van der Waals surface area contributed by atoms with Crippen molar-refractivity contribution < 1.29 is 4.74 Å². The summed E-state index contributed by atoms with van der Waals surface area (Å²) >= 11 is 0. The number of rotatable bonds is 3. The summed E-state index contributed by atoms with van der Waals surface area (Å²) in [6.45, 7) is 3.97. The number of hydrogen-bond donors (Lipinski definition) is 1. The Labute approximate surface area is 92.2 Å². The molecule has 1 aliphatic carbocycles. The molecule has 1 unspecified atom stereocenters. The molecule has 3 heterocycles. The highest BCUT2D eigenvalue weighted by Crippen LogP contribution is 2.30. The Bertz CT molecular complexity index is 220. The fraction of sp³-hybridized carbons (Fsp3) is 1.00. The fourth-order valence-corrected chi connectivity index (χ4v) is 3.35. The highest BCUT2D eigenvalue weighted by molar-refractivity contribution is 4.95. The quantitative estimate of drug-likeness (QED) is 0.747. The van der Waals surface area contributed by atoms with Crippen molar-refractivity contribution in [1.82, 2.24) is 10.2 Å². The lowest BCUT2D eigenvalue weighted by molar-refractivity contribution is -0.00231. The third kappa shape index (κ3) is 1.93. The molecule has 3 nitrogen and oxygen atoms in total. The standard InChI is InChI=1S/C12H22N2O/c1-15-11-6-10(7-11)13-12-8-14-4-2-9(12)3-5-14/h9-13H,2-8H2,1H3. The maximum Gasteiger partial charge on any atom is 0.0601 e. The van der Waals surface area contributed by atoms with Crippen LogP contribution in [0.2, 0.25) is 0 Å². The van der Waals surface area contributed by atoms with Crippen LogP contribution in [0.4, 0.5) is 0 Å². The minimum atomic E-state index is 0.531.